The van der Waals surface area contributed by atoms with E-state index in [0.717, 1.165) is 25.9 Å². The number of hydrogen-bond acceptors (Lipinski definition) is 6. The molecule has 0 saturated carbocycles. The lowest BCUT2D eigenvalue weighted by Crippen LogP contribution is -2.41. The monoisotopic (exact) mass is 281 g/mol. The fraction of sp³-hybridized carbons (Fsp3) is 0.769. The highest BCUT2D eigenvalue weighted by Crippen LogP contribution is 2.12. The topological polar surface area (TPSA) is 92.1 Å². The lowest BCUT2D eigenvalue weighted by atomic mass is 9.99. The number of carbonyl (C=O) groups is 1. The molecule has 1 fully saturated rings. The van der Waals surface area contributed by atoms with Crippen LogP contribution in [0, 0.1) is 5.92 Å². The van der Waals surface area contributed by atoms with Gasteiger partial charge in [-0.15, -0.1) is 0 Å². The van der Waals surface area contributed by atoms with Crippen molar-refractivity contribution in [3.05, 3.63) is 5.82 Å². The molecule has 3 N–H and O–H groups in total. The first-order valence-electron chi connectivity index (χ1n) is 7.22. The first kappa shape index (κ1) is 14.8. The van der Waals surface area contributed by atoms with Crippen molar-refractivity contribution >= 4 is 11.9 Å². The minimum absolute atomic E-state index is 0.0969. The number of hydrogen-bond donors (Lipinski definition) is 3. The van der Waals surface area contributed by atoms with E-state index in [1.165, 1.54) is 0 Å². The minimum Gasteiger partial charge on any atom is -0.354 e. The van der Waals surface area contributed by atoms with Crippen LogP contribution in [-0.2, 0) is 4.79 Å². The third kappa shape index (κ3) is 4.19. The maximum atomic E-state index is 11.9. The van der Waals surface area contributed by atoms with Gasteiger partial charge < -0.3 is 20.5 Å². The van der Waals surface area contributed by atoms with E-state index < -0.39 is 0 Å². The Balaban J connectivity index is 1.64. The van der Waals surface area contributed by atoms with Crippen LogP contribution in [0.5, 0.6) is 0 Å². The summed E-state index contributed by atoms with van der Waals surface area (Å²) < 4.78 is 5.05. The second-order valence-electron chi connectivity index (χ2n) is 5.37. The van der Waals surface area contributed by atoms with Gasteiger partial charge >= 0.3 is 6.01 Å². The lowest BCUT2D eigenvalue weighted by molar-refractivity contribution is -0.125. The van der Waals surface area contributed by atoms with Gasteiger partial charge in [0.1, 0.15) is 0 Å². The summed E-state index contributed by atoms with van der Waals surface area (Å²) in [4.78, 5) is 16.1. The molecule has 0 radical (unpaired) electrons. The summed E-state index contributed by atoms with van der Waals surface area (Å²) in [6, 6.07) is 0.405. The summed E-state index contributed by atoms with van der Waals surface area (Å²) in [5.41, 5.74) is 0. The molecular weight excluding hydrogens is 258 g/mol. The molecule has 0 aliphatic carbocycles. The quantitative estimate of drug-likeness (QED) is 0.665. The van der Waals surface area contributed by atoms with E-state index in [2.05, 4.69) is 26.1 Å². The molecular formula is C13H23N5O2. The maximum Gasteiger partial charge on any atom is 0.321 e. The summed E-state index contributed by atoms with van der Waals surface area (Å²) in [7, 11) is 0. The second-order valence-corrected chi connectivity index (χ2v) is 5.37. The average Bonchev–Trinajstić information content (AvgIpc) is 2.93. The summed E-state index contributed by atoms with van der Waals surface area (Å²) in [6.07, 6.45) is 2.03. The largest absolute Gasteiger partial charge is 0.354 e. The molecule has 1 aromatic rings. The Kier molecular flexibility index (Phi) is 5.34. The Morgan fingerprint density at radius 2 is 2.35 bits per heavy atom. The van der Waals surface area contributed by atoms with E-state index >= 15 is 0 Å². The second kappa shape index (κ2) is 7.23. The Morgan fingerprint density at radius 3 is 3.00 bits per heavy atom. The number of anilines is 1. The van der Waals surface area contributed by atoms with Gasteiger partial charge in [0.05, 0.1) is 5.92 Å². The van der Waals surface area contributed by atoms with Crippen LogP contribution < -0.4 is 16.0 Å². The molecule has 7 nitrogen and oxygen atoms in total. The number of carbonyl (C=O) groups excluding carboxylic acids is 1. The average molecular weight is 281 g/mol. The highest BCUT2D eigenvalue weighted by atomic mass is 16.5. The van der Waals surface area contributed by atoms with E-state index in [1.807, 2.05) is 13.8 Å². The smallest absolute Gasteiger partial charge is 0.321 e. The van der Waals surface area contributed by atoms with Crippen LogP contribution in [0.1, 0.15) is 38.4 Å². The molecule has 0 spiro atoms. The Hall–Kier alpha value is -1.63. The van der Waals surface area contributed by atoms with E-state index in [-0.39, 0.29) is 17.7 Å². The molecule has 1 aliphatic heterocycles. The minimum atomic E-state index is 0.0969. The third-order valence-electron chi connectivity index (χ3n) is 3.33. The molecule has 1 aromatic heterocycles. The van der Waals surface area contributed by atoms with Crippen molar-refractivity contribution in [1.29, 1.82) is 0 Å². The SMILES string of the molecule is CC(C)c1noc(NCCNC(=O)[C@@H]2CCCNC2)n1. The van der Waals surface area contributed by atoms with Crippen molar-refractivity contribution in [3.8, 4) is 0 Å². The van der Waals surface area contributed by atoms with E-state index in [1.54, 1.807) is 0 Å². The van der Waals surface area contributed by atoms with Crippen LogP contribution in [-0.4, -0.2) is 42.2 Å². The van der Waals surface area contributed by atoms with Crippen LogP contribution in [0.3, 0.4) is 0 Å². The van der Waals surface area contributed by atoms with Crippen molar-refractivity contribution in [2.75, 3.05) is 31.5 Å². The van der Waals surface area contributed by atoms with E-state index in [9.17, 15) is 4.79 Å². The molecule has 7 heteroatoms. The first-order chi connectivity index (χ1) is 9.66. The Bertz CT molecular complexity index is 426. The van der Waals surface area contributed by atoms with Crippen molar-refractivity contribution in [2.24, 2.45) is 5.92 Å². The van der Waals surface area contributed by atoms with Gasteiger partial charge in [-0.1, -0.05) is 19.0 Å². The third-order valence-corrected chi connectivity index (χ3v) is 3.33. The molecule has 2 rings (SSSR count). The zero-order valence-electron chi connectivity index (χ0n) is 12.1. The highest BCUT2D eigenvalue weighted by molar-refractivity contribution is 5.78. The van der Waals surface area contributed by atoms with E-state index in [0.29, 0.717) is 24.9 Å². The molecule has 1 amide bonds. The Morgan fingerprint density at radius 1 is 1.50 bits per heavy atom. The summed E-state index contributed by atoms with van der Waals surface area (Å²) in [5, 5.41) is 13.0. The zero-order valence-corrected chi connectivity index (χ0v) is 12.1. The predicted molar refractivity (Wildman–Crippen MR) is 75.5 cm³/mol. The molecule has 2 heterocycles. The normalized spacial score (nSPS) is 19.1. The van der Waals surface area contributed by atoms with Gasteiger partial charge in [-0.05, 0) is 19.4 Å². The number of nitrogens with zero attached hydrogens (tertiary/aromatic N) is 2. The standard InChI is InChI=1S/C13H23N5O2/c1-9(2)11-17-13(20-18-11)16-7-6-15-12(19)10-4-3-5-14-8-10/h9-10,14H,3-8H2,1-2H3,(H,15,19)(H,16,17,18)/t10-/m1/s1. The predicted octanol–water partition coefficient (Wildman–Crippen LogP) is 0.721. The summed E-state index contributed by atoms with van der Waals surface area (Å²) in [5.74, 6) is 1.14. The molecule has 1 saturated heterocycles. The fourth-order valence-electron chi connectivity index (χ4n) is 2.12. The lowest BCUT2D eigenvalue weighted by Gasteiger charge is -2.21. The van der Waals surface area contributed by atoms with Gasteiger partial charge in [0.15, 0.2) is 5.82 Å². The molecule has 0 unspecified atom stereocenters. The maximum absolute atomic E-state index is 11.9. The number of amides is 1. The van der Waals surface area contributed by atoms with Crippen molar-refractivity contribution in [1.82, 2.24) is 20.8 Å². The van der Waals surface area contributed by atoms with Crippen molar-refractivity contribution in [2.45, 2.75) is 32.6 Å². The van der Waals surface area contributed by atoms with Crippen LogP contribution in [0.4, 0.5) is 6.01 Å². The summed E-state index contributed by atoms with van der Waals surface area (Å²) >= 11 is 0. The zero-order chi connectivity index (χ0) is 14.4. The van der Waals surface area contributed by atoms with Crippen molar-refractivity contribution in [3.63, 3.8) is 0 Å². The van der Waals surface area contributed by atoms with Crippen LogP contribution in [0.15, 0.2) is 4.52 Å². The fourth-order valence-corrected chi connectivity index (χ4v) is 2.12. The van der Waals surface area contributed by atoms with Gasteiger partial charge in [0, 0.05) is 25.6 Å². The van der Waals surface area contributed by atoms with Gasteiger partial charge in [0.25, 0.3) is 0 Å². The summed E-state index contributed by atoms with van der Waals surface area (Å²) in [6.45, 7) is 6.93. The first-order valence-corrected chi connectivity index (χ1v) is 7.22. The van der Waals surface area contributed by atoms with Gasteiger partial charge in [-0.25, -0.2) is 0 Å². The van der Waals surface area contributed by atoms with E-state index in [4.69, 9.17) is 4.52 Å². The van der Waals surface area contributed by atoms with Gasteiger partial charge in [-0.3, -0.25) is 4.79 Å². The highest BCUT2D eigenvalue weighted by Gasteiger charge is 2.20. The van der Waals surface area contributed by atoms with Gasteiger partial charge in [0.2, 0.25) is 5.91 Å². The molecule has 112 valence electrons. The van der Waals surface area contributed by atoms with Crippen LogP contribution >= 0.6 is 0 Å². The molecule has 1 atom stereocenters. The number of rotatable bonds is 6. The van der Waals surface area contributed by atoms with Crippen molar-refractivity contribution < 1.29 is 9.32 Å². The molecule has 0 bridgehead atoms. The Labute approximate surface area is 118 Å². The number of piperidine rings is 1. The van der Waals surface area contributed by atoms with Crippen LogP contribution in [0.25, 0.3) is 0 Å². The number of aromatic nitrogens is 2. The molecule has 0 aromatic carbocycles. The number of nitrogens with one attached hydrogen (secondary N) is 3. The van der Waals surface area contributed by atoms with Crippen LogP contribution in [0.2, 0.25) is 0 Å². The molecule has 20 heavy (non-hydrogen) atoms. The van der Waals surface area contributed by atoms with Gasteiger partial charge in [-0.2, -0.15) is 4.98 Å². The molecule has 1 aliphatic rings.